The van der Waals surface area contributed by atoms with Gasteiger partial charge in [-0.1, -0.05) is 30.3 Å². The summed E-state index contributed by atoms with van der Waals surface area (Å²) in [5.74, 6) is 0.704. The molecule has 2 aromatic carbocycles. The van der Waals surface area contributed by atoms with Crippen molar-refractivity contribution in [3.05, 3.63) is 64.6 Å². The molecular formula is C21H19N6O5S. The number of methoxy groups -OCH3 is 1. The number of thiol groups is 1. The van der Waals surface area contributed by atoms with Gasteiger partial charge in [0.1, 0.15) is 17.1 Å². The minimum Gasteiger partial charge on any atom is -0.496 e. The molecule has 0 fully saturated rings. The van der Waals surface area contributed by atoms with Gasteiger partial charge in [0.15, 0.2) is 28.0 Å². The van der Waals surface area contributed by atoms with E-state index in [1.807, 2.05) is 18.2 Å². The van der Waals surface area contributed by atoms with Crippen LogP contribution in [0.2, 0.25) is 0 Å². The number of amides is 1. The molecule has 0 aliphatic carbocycles. The molecule has 1 radical (unpaired) electrons. The van der Waals surface area contributed by atoms with E-state index >= 15 is 0 Å². The second-order valence-electron chi connectivity index (χ2n) is 6.90. The zero-order chi connectivity index (χ0) is 23.4. The maximum absolute atomic E-state index is 12.8. The van der Waals surface area contributed by atoms with Crippen molar-refractivity contribution in [3.63, 3.8) is 0 Å². The Hall–Kier alpha value is -4.19. The van der Waals surface area contributed by atoms with E-state index in [-0.39, 0.29) is 35.2 Å². The van der Waals surface area contributed by atoms with Gasteiger partial charge in [-0.05, 0) is 18.2 Å². The van der Waals surface area contributed by atoms with Crippen molar-refractivity contribution in [1.82, 2.24) is 19.5 Å². The number of carbonyl (C=O) groups excluding carboxylic acids is 1. The number of imidazole rings is 1. The van der Waals surface area contributed by atoms with Crippen molar-refractivity contribution in [2.75, 3.05) is 23.6 Å². The van der Waals surface area contributed by atoms with E-state index in [1.165, 1.54) is 4.57 Å². The molecule has 3 N–H and O–H groups in total. The standard InChI is InChI=1S/C21H19N6O5S/c1-32-16-8-3-2-5-14(16)10-27-20-17(24-21(27)29)19(22-11-28)25-18(26-20)13-6-4-7-15(9-13)23-12-33(30)31/h2-9,23,33H,10,12H2,1H3,(H,24,29)(H,22,25,26,28). The molecule has 0 bridgehead atoms. The summed E-state index contributed by atoms with van der Waals surface area (Å²) in [5, 5.41) is 5.17. The van der Waals surface area contributed by atoms with Gasteiger partial charge in [0, 0.05) is 16.8 Å². The molecule has 2 heterocycles. The summed E-state index contributed by atoms with van der Waals surface area (Å²) in [4.78, 5) is 35.4. The van der Waals surface area contributed by atoms with Crippen LogP contribution in [-0.4, -0.2) is 47.3 Å². The van der Waals surface area contributed by atoms with Crippen molar-refractivity contribution in [2.45, 2.75) is 6.54 Å². The van der Waals surface area contributed by atoms with Gasteiger partial charge >= 0.3 is 12.1 Å². The van der Waals surface area contributed by atoms with E-state index in [0.29, 0.717) is 17.0 Å². The van der Waals surface area contributed by atoms with Crippen LogP contribution in [-0.2, 0) is 22.0 Å². The Labute approximate surface area is 189 Å². The van der Waals surface area contributed by atoms with E-state index < -0.39 is 16.4 Å². The maximum atomic E-state index is 12.8. The zero-order valence-corrected chi connectivity index (χ0v) is 18.3. The molecule has 0 saturated carbocycles. The smallest absolute Gasteiger partial charge is 0.328 e. The number of para-hydroxylation sites is 1. The zero-order valence-electron chi connectivity index (χ0n) is 17.4. The van der Waals surface area contributed by atoms with Crippen LogP contribution in [0, 0.1) is 0 Å². The Morgan fingerprint density at radius 1 is 1.15 bits per heavy atom. The topological polar surface area (TPSA) is 148 Å². The fourth-order valence-electron chi connectivity index (χ4n) is 3.37. The van der Waals surface area contributed by atoms with Gasteiger partial charge in [0.2, 0.25) is 0 Å². The Kier molecular flexibility index (Phi) is 6.36. The molecule has 12 heteroatoms. The first-order valence-electron chi connectivity index (χ1n) is 9.72. The molecular weight excluding hydrogens is 448 g/mol. The molecule has 33 heavy (non-hydrogen) atoms. The highest BCUT2D eigenvalue weighted by molar-refractivity contribution is 7.72. The lowest BCUT2D eigenvalue weighted by Gasteiger charge is -2.10. The Balaban J connectivity index is 1.84. The number of rotatable bonds is 9. The molecule has 0 spiro atoms. The Morgan fingerprint density at radius 3 is 2.73 bits per heavy atom. The van der Waals surface area contributed by atoms with Gasteiger partial charge in [-0.15, -0.1) is 0 Å². The number of aromatic amines is 1. The first-order valence-corrected chi connectivity index (χ1v) is 11.1. The van der Waals surface area contributed by atoms with Gasteiger partial charge < -0.3 is 20.4 Å². The number of aromatic nitrogens is 4. The molecule has 11 nitrogen and oxygen atoms in total. The number of nitrogens with zero attached hydrogens (tertiary/aromatic N) is 3. The normalized spacial score (nSPS) is 11.0. The van der Waals surface area contributed by atoms with Crippen molar-refractivity contribution in [3.8, 4) is 17.1 Å². The monoisotopic (exact) mass is 467 g/mol. The first-order chi connectivity index (χ1) is 16.0. The van der Waals surface area contributed by atoms with Gasteiger partial charge in [0.05, 0.1) is 13.7 Å². The number of nitrogens with one attached hydrogen (secondary N) is 3. The highest BCUT2D eigenvalue weighted by atomic mass is 32.2. The third-order valence-corrected chi connectivity index (χ3v) is 5.26. The molecule has 4 rings (SSSR count). The van der Waals surface area contributed by atoms with Crippen LogP contribution < -0.4 is 21.1 Å². The molecule has 2 aromatic heterocycles. The van der Waals surface area contributed by atoms with Crippen molar-refractivity contribution in [1.29, 1.82) is 0 Å². The maximum Gasteiger partial charge on any atom is 0.328 e. The summed E-state index contributed by atoms with van der Waals surface area (Å²) in [7, 11) is -1.06. The summed E-state index contributed by atoms with van der Waals surface area (Å²) in [6.45, 7) is 0.168. The summed E-state index contributed by atoms with van der Waals surface area (Å²) in [6.07, 6.45) is 1.57. The average Bonchev–Trinajstić information content (AvgIpc) is 3.13. The van der Waals surface area contributed by atoms with Crippen LogP contribution in [0.15, 0.2) is 53.3 Å². The molecule has 4 aromatic rings. The van der Waals surface area contributed by atoms with Crippen LogP contribution in [0.3, 0.4) is 0 Å². The third-order valence-electron chi connectivity index (χ3n) is 4.85. The quantitative estimate of drug-likeness (QED) is 0.213. The highest BCUT2D eigenvalue weighted by Gasteiger charge is 2.18. The van der Waals surface area contributed by atoms with Crippen LogP contribution in [0.5, 0.6) is 5.75 Å². The highest BCUT2D eigenvalue weighted by Crippen LogP contribution is 2.26. The number of fused-ring (bicyclic) bond motifs is 1. The van der Waals surface area contributed by atoms with Crippen molar-refractivity contribution < 1.29 is 17.9 Å². The predicted molar refractivity (Wildman–Crippen MR) is 124 cm³/mol. The number of anilines is 2. The first kappa shape index (κ1) is 22.0. The second kappa shape index (κ2) is 9.53. The lowest BCUT2D eigenvalue weighted by molar-refractivity contribution is 0.408. The average molecular weight is 467 g/mol. The van der Waals surface area contributed by atoms with E-state index in [4.69, 9.17) is 4.74 Å². The minimum atomic E-state index is -2.60. The molecule has 0 atom stereocenters. The van der Waals surface area contributed by atoms with Crippen LogP contribution in [0.4, 0.5) is 11.5 Å². The van der Waals surface area contributed by atoms with E-state index in [1.54, 1.807) is 43.9 Å². The minimum absolute atomic E-state index is 0.0851. The van der Waals surface area contributed by atoms with Crippen molar-refractivity contribution >= 4 is 39.8 Å². The molecule has 0 unspecified atom stereocenters. The molecule has 0 aliphatic heterocycles. The second-order valence-corrected chi connectivity index (χ2v) is 7.88. The predicted octanol–water partition coefficient (Wildman–Crippen LogP) is 1.30. The van der Waals surface area contributed by atoms with E-state index in [0.717, 1.165) is 5.56 Å². The molecule has 169 valence electrons. The SMILES string of the molecule is COc1ccccc1Cn1c(=O)[nH]c2c(N[C]=O)nc(-c3cccc(NC[SH](=O)=O)c3)nc21. The van der Waals surface area contributed by atoms with Crippen LogP contribution >= 0.6 is 0 Å². The Morgan fingerprint density at radius 2 is 1.97 bits per heavy atom. The largest absolute Gasteiger partial charge is 0.496 e. The fourth-order valence-corrected chi connectivity index (χ4v) is 3.68. The van der Waals surface area contributed by atoms with Crippen LogP contribution in [0.1, 0.15) is 5.56 Å². The summed E-state index contributed by atoms with van der Waals surface area (Å²) < 4.78 is 28.6. The summed E-state index contributed by atoms with van der Waals surface area (Å²) in [5.41, 5.74) is 1.94. The number of ether oxygens (including phenoxy) is 1. The number of hydrogen-bond donors (Lipinski definition) is 4. The fraction of sp³-hybridized carbons (Fsp3) is 0.143. The van der Waals surface area contributed by atoms with Crippen LogP contribution in [0.25, 0.3) is 22.6 Å². The number of benzene rings is 2. The van der Waals surface area contributed by atoms with E-state index in [2.05, 4.69) is 25.6 Å². The van der Waals surface area contributed by atoms with Gasteiger partial charge in [-0.25, -0.2) is 23.2 Å². The van der Waals surface area contributed by atoms with Gasteiger partial charge in [-0.3, -0.25) is 9.36 Å². The lowest BCUT2D eigenvalue weighted by Crippen LogP contribution is -2.18. The van der Waals surface area contributed by atoms with E-state index in [9.17, 15) is 18.0 Å². The van der Waals surface area contributed by atoms with Gasteiger partial charge in [-0.2, -0.15) is 0 Å². The van der Waals surface area contributed by atoms with Gasteiger partial charge in [0.25, 0.3) is 0 Å². The molecule has 1 amide bonds. The third kappa shape index (κ3) is 4.70. The molecule has 0 aliphatic rings. The number of hydrogen-bond acceptors (Lipinski definition) is 8. The Bertz CT molecular complexity index is 1450. The van der Waals surface area contributed by atoms with Crippen molar-refractivity contribution in [2.24, 2.45) is 0 Å². The summed E-state index contributed by atoms with van der Waals surface area (Å²) >= 11 is 0. The number of H-pyrrole nitrogens is 1. The summed E-state index contributed by atoms with van der Waals surface area (Å²) in [6, 6.07) is 14.1. The molecule has 0 saturated heterocycles. The lowest BCUT2D eigenvalue weighted by atomic mass is 10.2.